The highest BCUT2D eigenvalue weighted by Gasteiger charge is 2.24. The lowest BCUT2D eigenvalue weighted by Gasteiger charge is -2.34. The first-order valence-electron chi connectivity index (χ1n) is 6.74. The number of halogens is 1. The molecule has 0 bridgehead atoms. The molecule has 110 valence electrons. The molecule has 0 aromatic heterocycles. The largest absolute Gasteiger partial charge is 0.495 e. The highest BCUT2D eigenvalue weighted by molar-refractivity contribution is 6.32. The van der Waals surface area contributed by atoms with Gasteiger partial charge in [0.1, 0.15) is 5.75 Å². The molecule has 1 aromatic carbocycles. The maximum absolute atomic E-state index is 12.3. The van der Waals surface area contributed by atoms with Crippen molar-refractivity contribution in [3.05, 3.63) is 28.8 Å². The monoisotopic (exact) mass is 297 g/mol. The van der Waals surface area contributed by atoms with E-state index in [2.05, 4.69) is 4.90 Å². The Labute approximate surface area is 124 Å². The summed E-state index contributed by atoms with van der Waals surface area (Å²) in [6.07, 6.45) is 0.317. The van der Waals surface area contributed by atoms with Crippen LogP contribution in [0.2, 0.25) is 5.02 Å². The molecular formula is C15H20ClNO3. The minimum absolute atomic E-state index is 0.0656. The normalized spacial score (nSPS) is 23.6. The van der Waals surface area contributed by atoms with E-state index in [0.717, 1.165) is 13.1 Å². The second kappa shape index (κ2) is 6.57. The standard InChI is InChI=1S/C15H20ClNO3/c1-10-7-17(8-11(2)20-10)9-14(18)12-4-5-15(19-3)13(16)6-12/h4-6,10-11H,7-9H2,1-3H3. The van der Waals surface area contributed by atoms with Crippen LogP contribution in [0.15, 0.2) is 18.2 Å². The van der Waals surface area contributed by atoms with E-state index < -0.39 is 0 Å². The maximum atomic E-state index is 12.3. The van der Waals surface area contributed by atoms with Crippen molar-refractivity contribution in [2.45, 2.75) is 26.1 Å². The molecule has 0 amide bonds. The van der Waals surface area contributed by atoms with Crippen LogP contribution in [-0.2, 0) is 4.74 Å². The number of hydrogen-bond donors (Lipinski definition) is 0. The number of methoxy groups -OCH3 is 1. The molecule has 0 aliphatic carbocycles. The zero-order chi connectivity index (χ0) is 14.7. The fraction of sp³-hybridized carbons (Fsp3) is 0.533. The highest BCUT2D eigenvalue weighted by atomic mass is 35.5. The van der Waals surface area contributed by atoms with Gasteiger partial charge in [-0.25, -0.2) is 0 Å². The van der Waals surface area contributed by atoms with E-state index in [0.29, 0.717) is 22.9 Å². The summed E-state index contributed by atoms with van der Waals surface area (Å²) in [7, 11) is 1.55. The third-order valence-electron chi connectivity index (χ3n) is 3.34. The van der Waals surface area contributed by atoms with Crippen molar-refractivity contribution in [1.82, 2.24) is 4.90 Å². The minimum atomic E-state index is 0.0656. The first kappa shape index (κ1) is 15.3. The van der Waals surface area contributed by atoms with Crippen LogP contribution < -0.4 is 4.74 Å². The van der Waals surface area contributed by atoms with Gasteiger partial charge in [0.15, 0.2) is 5.78 Å². The van der Waals surface area contributed by atoms with Crippen LogP contribution in [0.5, 0.6) is 5.75 Å². The smallest absolute Gasteiger partial charge is 0.176 e. The lowest BCUT2D eigenvalue weighted by atomic mass is 10.1. The number of ketones is 1. The Morgan fingerprint density at radius 1 is 1.40 bits per heavy atom. The van der Waals surface area contributed by atoms with Crippen LogP contribution in [0.25, 0.3) is 0 Å². The summed E-state index contributed by atoms with van der Waals surface area (Å²) in [5.41, 5.74) is 0.614. The van der Waals surface area contributed by atoms with Gasteiger partial charge in [-0.3, -0.25) is 9.69 Å². The van der Waals surface area contributed by atoms with Gasteiger partial charge in [0.25, 0.3) is 0 Å². The van der Waals surface area contributed by atoms with Crippen LogP contribution in [0.1, 0.15) is 24.2 Å². The number of hydrogen-bond acceptors (Lipinski definition) is 4. The fourth-order valence-corrected chi connectivity index (χ4v) is 2.81. The summed E-state index contributed by atoms with van der Waals surface area (Å²) < 4.78 is 10.8. The number of Topliss-reactive ketones (excluding diaryl/α,β-unsaturated/α-hetero) is 1. The van der Waals surface area contributed by atoms with Gasteiger partial charge >= 0.3 is 0 Å². The molecule has 1 aliphatic rings. The average molecular weight is 298 g/mol. The third-order valence-corrected chi connectivity index (χ3v) is 3.63. The van der Waals surface area contributed by atoms with Gasteiger partial charge in [0.05, 0.1) is 30.9 Å². The first-order chi connectivity index (χ1) is 9.49. The van der Waals surface area contributed by atoms with E-state index in [1.165, 1.54) is 0 Å². The van der Waals surface area contributed by atoms with Crippen LogP contribution in [0.3, 0.4) is 0 Å². The van der Waals surface area contributed by atoms with Crippen molar-refractivity contribution < 1.29 is 14.3 Å². The summed E-state index contributed by atoms with van der Waals surface area (Å²) in [4.78, 5) is 14.4. The number of carbonyl (C=O) groups excluding carboxylic acids is 1. The molecule has 0 spiro atoms. The van der Waals surface area contributed by atoms with E-state index in [1.807, 2.05) is 13.8 Å². The molecule has 5 heteroatoms. The average Bonchev–Trinajstić information content (AvgIpc) is 2.37. The highest BCUT2D eigenvalue weighted by Crippen LogP contribution is 2.25. The number of rotatable bonds is 4. The molecule has 4 nitrogen and oxygen atoms in total. The van der Waals surface area contributed by atoms with Gasteiger partial charge in [0, 0.05) is 18.7 Å². The predicted molar refractivity (Wildman–Crippen MR) is 78.8 cm³/mol. The molecule has 0 radical (unpaired) electrons. The van der Waals surface area contributed by atoms with Gasteiger partial charge in [-0.1, -0.05) is 11.6 Å². The van der Waals surface area contributed by atoms with Crippen molar-refractivity contribution in [2.24, 2.45) is 0 Å². The molecule has 1 aromatic rings. The number of ether oxygens (including phenoxy) is 2. The number of nitrogens with zero attached hydrogens (tertiary/aromatic N) is 1. The number of carbonyl (C=O) groups is 1. The van der Waals surface area contributed by atoms with Gasteiger partial charge < -0.3 is 9.47 Å². The summed E-state index contributed by atoms with van der Waals surface area (Å²) in [6, 6.07) is 5.14. The molecule has 1 fully saturated rings. The predicted octanol–water partition coefficient (Wildman–Crippen LogP) is 2.64. The molecule has 1 aliphatic heterocycles. The molecular weight excluding hydrogens is 278 g/mol. The second-order valence-electron chi connectivity index (χ2n) is 5.22. The molecule has 0 N–H and O–H groups in total. The third kappa shape index (κ3) is 3.72. The summed E-state index contributed by atoms with van der Waals surface area (Å²) in [5.74, 6) is 0.646. The number of morpholine rings is 1. The Bertz CT molecular complexity index is 482. The fourth-order valence-electron chi connectivity index (χ4n) is 2.55. The Balaban J connectivity index is 2.02. The van der Waals surface area contributed by atoms with Gasteiger partial charge in [0.2, 0.25) is 0 Å². The van der Waals surface area contributed by atoms with Crippen LogP contribution in [-0.4, -0.2) is 49.6 Å². The lowest BCUT2D eigenvalue weighted by Crippen LogP contribution is -2.47. The zero-order valence-electron chi connectivity index (χ0n) is 12.1. The molecule has 2 rings (SSSR count). The molecule has 1 heterocycles. The van der Waals surface area contributed by atoms with Crippen LogP contribution in [0, 0.1) is 0 Å². The quantitative estimate of drug-likeness (QED) is 0.801. The Morgan fingerprint density at radius 3 is 2.60 bits per heavy atom. The van der Waals surface area contributed by atoms with E-state index >= 15 is 0 Å². The summed E-state index contributed by atoms with van der Waals surface area (Å²) in [5, 5.41) is 0.460. The molecule has 1 saturated heterocycles. The van der Waals surface area contributed by atoms with E-state index in [-0.39, 0.29) is 18.0 Å². The SMILES string of the molecule is COc1ccc(C(=O)CN2CC(C)OC(C)C2)cc1Cl. The van der Waals surface area contributed by atoms with Crippen LogP contribution in [0.4, 0.5) is 0 Å². The molecule has 2 unspecified atom stereocenters. The first-order valence-corrected chi connectivity index (χ1v) is 7.12. The van der Waals surface area contributed by atoms with E-state index in [1.54, 1.807) is 25.3 Å². The zero-order valence-corrected chi connectivity index (χ0v) is 12.8. The van der Waals surface area contributed by atoms with Gasteiger partial charge in [-0.15, -0.1) is 0 Å². The second-order valence-corrected chi connectivity index (χ2v) is 5.63. The number of benzene rings is 1. The van der Waals surface area contributed by atoms with Crippen molar-refractivity contribution >= 4 is 17.4 Å². The lowest BCUT2D eigenvalue weighted by molar-refractivity contribution is -0.0652. The maximum Gasteiger partial charge on any atom is 0.176 e. The summed E-state index contributed by atoms with van der Waals surface area (Å²) in [6.45, 7) is 6.00. The topological polar surface area (TPSA) is 38.8 Å². The molecule has 2 atom stereocenters. The van der Waals surface area contributed by atoms with Gasteiger partial charge in [-0.2, -0.15) is 0 Å². The Kier molecular flexibility index (Phi) is 5.02. The van der Waals surface area contributed by atoms with Crippen LogP contribution >= 0.6 is 11.6 Å². The summed E-state index contributed by atoms with van der Waals surface area (Å²) >= 11 is 6.05. The van der Waals surface area contributed by atoms with Crippen molar-refractivity contribution in [2.75, 3.05) is 26.7 Å². The molecule has 0 saturated carbocycles. The van der Waals surface area contributed by atoms with Crippen molar-refractivity contribution in [1.29, 1.82) is 0 Å². The van der Waals surface area contributed by atoms with Crippen molar-refractivity contribution in [3.8, 4) is 5.75 Å². The Morgan fingerprint density at radius 2 is 2.05 bits per heavy atom. The molecule has 20 heavy (non-hydrogen) atoms. The minimum Gasteiger partial charge on any atom is -0.495 e. The van der Waals surface area contributed by atoms with Crippen molar-refractivity contribution in [3.63, 3.8) is 0 Å². The van der Waals surface area contributed by atoms with E-state index in [4.69, 9.17) is 21.1 Å². The Hall–Kier alpha value is -1.10. The van der Waals surface area contributed by atoms with E-state index in [9.17, 15) is 4.79 Å². The van der Waals surface area contributed by atoms with Gasteiger partial charge in [-0.05, 0) is 32.0 Å².